The summed E-state index contributed by atoms with van der Waals surface area (Å²) in [6.45, 7) is 6.67. The molecule has 0 saturated heterocycles. The normalized spacial score (nSPS) is 19.1. The fraction of sp³-hybridized carbons (Fsp3) is 0.345. The summed E-state index contributed by atoms with van der Waals surface area (Å²) >= 11 is 0. The zero-order valence-electron chi connectivity index (χ0n) is 18.4. The van der Waals surface area contributed by atoms with Crippen molar-refractivity contribution < 1.29 is 4.79 Å². The van der Waals surface area contributed by atoms with Gasteiger partial charge in [-0.2, -0.15) is 0 Å². The second kappa shape index (κ2) is 9.00. The Morgan fingerprint density at radius 3 is 2.17 bits per heavy atom. The highest BCUT2D eigenvalue weighted by molar-refractivity contribution is 6.13. The first-order valence-corrected chi connectivity index (χ1v) is 11.4. The van der Waals surface area contributed by atoms with E-state index >= 15 is 0 Å². The molecule has 1 aliphatic rings. The van der Waals surface area contributed by atoms with Crippen LogP contribution in [0.5, 0.6) is 0 Å². The minimum Gasteiger partial charge on any atom is -0.289 e. The molecule has 1 nitrogen and oxygen atoms in total. The molecule has 3 aromatic carbocycles. The highest BCUT2D eigenvalue weighted by Crippen LogP contribution is 2.38. The van der Waals surface area contributed by atoms with Crippen LogP contribution in [0.1, 0.15) is 85.3 Å². The van der Waals surface area contributed by atoms with Crippen molar-refractivity contribution in [2.75, 3.05) is 0 Å². The van der Waals surface area contributed by atoms with Gasteiger partial charge in [-0.05, 0) is 58.9 Å². The van der Waals surface area contributed by atoms with Crippen molar-refractivity contribution in [3.8, 4) is 11.1 Å². The van der Waals surface area contributed by atoms with E-state index in [0.717, 1.165) is 33.7 Å². The molecule has 0 aromatic heterocycles. The van der Waals surface area contributed by atoms with Crippen LogP contribution in [0.3, 0.4) is 0 Å². The Morgan fingerprint density at radius 2 is 1.47 bits per heavy atom. The van der Waals surface area contributed by atoms with Crippen LogP contribution < -0.4 is 0 Å². The quantitative estimate of drug-likeness (QED) is 0.399. The van der Waals surface area contributed by atoms with Gasteiger partial charge < -0.3 is 0 Å². The Hall–Kier alpha value is -2.67. The standard InChI is InChI=1S/C29H32O/c1-20(2)25-11-7-8-12-27(25)29(30)28-19-24(22-15-13-21(3)14-16-22)17-18-26(28)23-9-5-4-6-10-23/h4-12,17-22H,13-16H2,1-3H3. The Morgan fingerprint density at radius 1 is 0.800 bits per heavy atom. The highest BCUT2D eigenvalue weighted by Gasteiger charge is 2.23. The van der Waals surface area contributed by atoms with E-state index in [1.54, 1.807) is 0 Å². The van der Waals surface area contributed by atoms with Crippen molar-refractivity contribution in [3.05, 3.63) is 95.1 Å². The summed E-state index contributed by atoms with van der Waals surface area (Å²) in [6, 6.07) is 25.0. The Labute approximate surface area is 181 Å². The van der Waals surface area contributed by atoms with Gasteiger partial charge >= 0.3 is 0 Å². The average molecular weight is 397 g/mol. The van der Waals surface area contributed by atoms with Crippen molar-refractivity contribution in [2.45, 2.75) is 58.3 Å². The van der Waals surface area contributed by atoms with Crippen LogP contribution in [0.4, 0.5) is 0 Å². The van der Waals surface area contributed by atoms with Gasteiger partial charge in [-0.25, -0.2) is 0 Å². The molecule has 0 radical (unpaired) electrons. The summed E-state index contributed by atoms with van der Waals surface area (Å²) in [7, 11) is 0. The highest BCUT2D eigenvalue weighted by atomic mass is 16.1. The smallest absolute Gasteiger partial charge is 0.193 e. The number of benzene rings is 3. The fourth-order valence-corrected chi connectivity index (χ4v) is 4.82. The summed E-state index contributed by atoms with van der Waals surface area (Å²) in [5, 5.41) is 0. The molecule has 30 heavy (non-hydrogen) atoms. The van der Waals surface area contributed by atoms with Crippen molar-refractivity contribution in [2.24, 2.45) is 5.92 Å². The molecule has 4 rings (SSSR count). The summed E-state index contributed by atoms with van der Waals surface area (Å²) in [4.78, 5) is 13.9. The van der Waals surface area contributed by atoms with E-state index in [2.05, 4.69) is 57.2 Å². The summed E-state index contributed by atoms with van der Waals surface area (Å²) in [5.74, 6) is 1.85. The van der Waals surface area contributed by atoms with Crippen LogP contribution in [0.25, 0.3) is 11.1 Å². The SMILES string of the molecule is CC1CCC(c2ccc(-c3ccccc3)c(C(=O)c3ccccc3C(C)C)c2)CC1. The maximum absolute atomic E-state index is 13.9. The van der Waals surface area contributed by atoms with E-state index < -0.39 is 0 Å². The molecule has 1 heteroatoms. The lowest BCUT2D eigenvalue weighted by molar-refractivity contribution is 0.103. The molecule has 1 fully saturated rings. The fourth-order valence-electron chi connectivity index (χ4n) is 4.82. The maximum Gasteiger partial charge on any atom is 0.193 e. The minimum absolute atomic E-state index is 0.143. The van der Waals surface area contributed by atoms with E-state index in [0.29, 0.717) is 11.8 Å². The molecule has 0 amide bonds. The Kier molecular flexibility index (Phi) is 6.18. The molecular formula is C29H32O. The van der Waals surface area contributed by atoms with Gasteiger partial charge in [0.05, 0.1) is 0 Å². The van der Waals surface area contributed by atoms with Gasteiger partial charge in [0.1, 0.15) is 0 Å². The average Bonchev–Trinajstić information content (AvgIpc) is 2.79. The van der Waals surface area contributed by atoms with Gasteiger partial charge in [0, 0.05) is 11.1 Å². The predicted octanol–water partition coefficient (Wildman–Crippen LogP) is 8.00. The van der Waals surface area contributed by atoms with E-state index in [9.17, 15) is 4.79 Å². The van der Waals surface area contributed by atoms with Crippen molar-refractivity contribution in [1.82, 2.24) is 0 Å². The lowest BCUT2D eigenvalue weighted by Crippen LogP contribution is -2.13. The topological polar surface area (TPSA) is 17.1 Å². The van der Waals surface area contributed by atoms with Crippen LogP contribution in [0.2, 0.25) is 0 Å². The molecule has 0 spiro atoms. The first kappa shape index (κ1) is 20.6. The zero-order chi connectivity index (χ0) is 21.1. The molecule has 0 N–H and O–H groups in total. The second-order valence-electron chi connectivity index (χ2n) is 9.20. The van der Waals surface area contributed by atoms with E-state index in [1.807, 2.05) is 36.4 Å². The number of rotatable bonds is 5. The number of hydrogen-bond acceptors (Lipinski definition) is 1. The van der Waals surface area contributed by atoms with E-state index in [1.165, 1.54) is 31.2 Å². The van der Waals surface area contributed by atoms with Gasteiger partial charge in [-0.3, -0.25) is 4.79 Å². The van der Waals surface area contributed by atoms with Crippen LogP contribution in [-0.2, 0) is 0 Å². The van der Waals surface area contributed by atoms with Gasteiger partial charge in [0.15, 0.2) is 5.78 Å². The van der Waals surface area contributed by atoms with Crippen molar-refractivity contribution in [3.63, 3.8) is 0 Å². The minimum atomic E-state index is 0.143. The van der Waals surface area contributed by atoms with Crippen LogP contribution in [0, 0.1) is 5.92 Å². The third-order valence-corrected chi connectivity index (χ3v) is 6.69. The third kappa shape index (κ3) is 4.26. The van der Waals surface area contributed by atoms with Crippen LogP contribution >= 0.6 is 0 Å². The molecule has 1 saturated carbocycles. The molecule has 3 aromatic rings. The molecule has 0 unspecified atom stereocenters. The third-order valence-electron chi connectivity index (χ3n) is 6.69. The largest absolute Gasteiger partial charge is 0.289 e. The van der Waals surface area contributed by atoms with E-state index in [-0.39, 0.29) is 5.78 Å². The molecule has 1 aliphatic carbocycles. The van der Waals surface area contributed by atoms with Crippen LogP contribution in [-0.4, -0.2) is 5.78 Å². The summed E-state index contributed by atoms with van der Waals surface area (Å²) in [5.41, 5.74) is 6.26. The predicted molar refractivity (Wildman–Crippen MR) is 126 cm³/mol. The van der Waals surface area contributed by atoms with Crippen molar-refractivity contribution >= 4 is 5.78 Å². The molecule has 0 aliphatic heterocycles. The Balaban J connectivity index is 1.81. The molecule has 0 heterocycles. The first-order valence-electron chi connectivity index (χ1n) is 11.4. The lowest BCUT2D eigenvalue weighted by Gasteiger charge is -2.27. The molecular weight excluding hydrogens is 364 g/mol. The Bertz CT molecular complexity index is 1010. The molecule has 0 atom stereocenters. The first-order chi connectivity index (χ1) is 14.5. The number of hydrogen-bond donors (Lipinski definition) is 0. The van der Waals surface area contributed by atoms with Crippen LogP contribution in [0.15, 0.2) is 72.8 Å². The number of carbonyl (C=O) groups excluding carboxylic acids is 1. The van der Waals surface area contributed by atoms with E-state index in [4.69, 9.17) is 0 Å². The molecule has 0 bridgehead atoms. The second-order valence-corrected chi connectivity index (χ2v) is 9.20. The summed E-state index contributed by atoms with van der Waals surface area (Å²) < 4.78 is 0. The van der Waals surface area contributed by atoms with Gasteiger partial charge in [0.2, 0.25) is 0 Å². The van der Waals surface area contributed by atoms with Gasteiger partial charge in [0.25, 0.3) is 0 Å². The summed E-state index contributed by atoms with van der Waals surface area (Å²) in [6.07, 6.45) is 5.01. The molecule has 154 valence electrons. The van der Waals surface area contributed by atoms with Gasteiger partial charge in [-0.1, -0.05) is 100 Å². The van der Waals surface area contributed by atoms with Crippen molar-refractivity contribution in [1.29, 1.82) is 0 Å². The number of carbonyl (C=O) groups is 1. The lowest BCUT2D eigenvalue weighted by atomic mass is 9.78. The monoisotopic (exact) mass is 396 g/mol. The number of ketones is 1. The van der Waals surface area contributed by atoms with Gasteiger partial charge in [-0.15, -0.1) is 0 Å². The zero-order valence-corrected chi connectivity index (χ0v) is 18.4. The maximum atomic E-state index is 13.9.